The number of carbonyl (C=O) groups excluding carboxylic acids is 2. The summed E-state index contributed by atoms with van der Waals surface area (Å²) in [6, 6.07) is 7.17. The van der Waals surface area contributed by atoms with Gasteiger partial charge in [-0.1, -0.05) is 12.1 Å². The van der Waals surface area contributed by atoms with Crippen LogP contribution >= 0.6 is 12.4 Å². The van der Waals surface area contributed by atoms with E-state index in [1.807, 2.05) is 12.1 Å². The maximum atomic E-state index is 12.0. The molecule has 0 bridgehead atoms. The molecule has 3 N–H and O–H groups in total. The van der Waals surface area contributed by atoms with Crippen molar-refractivity contribution < 1.29 is 9.59 Å². The molecule has 6 heteroatoms. The lowest BCUT2D eigenvalue weighted by molar-refractivity contribution is -0.120. The topological polar surface area (TPSA) is 75.4 Å². The fourth-order valence-electron chi connectivity index (χ4n) is 1.50. The molecule has 1 aromatic rings. The zero-order valence-electron chi connectivity index (χ0n) is 11.2. The Morgan fingerprint density at radius 3 is 2.32 bits per heavy atom. The van der Waals surface area contributed by atoms with Gasteiger partial charge < -0.3 is 16.0 Å². The Kier molecular flexibility index (Phi) is 7.79. The van der Waals surface area contributed by atoms with Crippen molar-refractivity contribution in [1.82, 2.24) is 10.2 Å². The molecule has 1 rings (SSSR count). The molecule has 0 aliphatic heterocycles. The third-order valence-corrected chi connectivity index (χ3v) is 2.74. The van der Waals surface area contributed by atoms with E-state index < -0.39 is 0 Å². The van der Waals surface area contributed by atoms with E-state index in [1.165, 1.54) is 4.90 Å². The lowest BCUT2D eigenvalue weighted by Gasteiger charge is -2.16. The molecule has 0 unspecified atom stereocenters. The first-order chi connectivity index (χ1) is 8.58. The molecule has 5 nitrogen and oxygen atoms in total. The first kappa shape index (κ1) is 17.4. The maximum Gasteiger partial charge on any atom is 0.253 e. The summed E-state index contributed by atoms with van der Waals surface area (Å²) >= 11 is 0. The van der Waals surface area contributed by atoms with Crippen molar-refractivity contribution in [2.24, 2.45) is 5.73 Å². The van der Waals surface area contributed by atoms with E-state index in [2.05, 4.69) is 5.32 Å². The van der Waals surface area contributed by atoms with E-state index >= 15 is 0 Å². The molecule has 0 aliphatic carbocycles. The molecular formula is C13H20ClN3O2. The molecule has 2 amide bonds. The Balaban J connectivity index is 0.00000324. The van der Waals surface area contributed by atoms with Crippen molar-refractivity contribution in [2.75, 3.05) is 20.6 Å². The number of hydrogen-bond acceptors (Lipinski definition) is 3. The molecule has 0 spiro atoms. The van der Waals surface area contributed by atoms with E-state index in [9.17, 15) is 9.59 Å². The number of benzene rings is 1. The fourth-order valence-corrected chi connectivity index (χ4v) is 1.50. The summed E-state index contributed by atoms with van der Waals surface area (Å²) in [6.45, 7) is 0.859. The van der Waals surface area contributed by atoms with Crippen LogP contribution < -0.4 is 11.1 Å². The Morgan fingerprint density at radius 2 is 1.84 bits per heavy atom. The van der Waals surface area contributed by atoms with Gasteiger partial charge in [-0.15, -0.1) is 12.4 Å². The monoisotopic (exact) mass is 285 g/mol. The second kappa shape index (κ2) is 8.50. The summed E-state index contributed by atoms with van der Waals surface area (Å²) in [5.41, 5.74) is 7.08. The van der Waals surface area contributed by atoms with Crippen LogP contribution in [0.25, 0.3) is 0 Å². The summed E-state index contributed by atoms with van der Waals surface area (Å²) in [6.07, 6.45) is 0.305. The number of hydrogen-bond donors (Lipinski definition) is 2. The third kappa shape index (κ3) is 5.28. The van der Waals surface area contributed by atoms with E-state index in [-0.39, 0.29) is 24.2 Å². The summed E-state index contributed by atoms with van der Waals surface area (Å²) in [5, 5.41) is 2.52. The minimum absolute atomic E-state index is 0. The Morgan fingerprint density at radius 1 is 1.26 bits per heavy atom. The van der Waals surface area contributed by atoms with Crippen LogP contribution in [-0.2, 0) is 11.3 Å². The van der Waals surface area contributed by atoms with Crippen molar-refractivity contribution in [2.45, 2.75) is 13.0 Å². The van der Waals surface area contributed by atoms with Crippen LogP contribution in [0.15, 0.2) is 24.3 Å². The maximum absolute atomic E-state index is 12.0. The second-order valence-electron chi connectivity index (χ2n) is 4.05. The average Bonchev–Trinajstić information content (AvgIpc) is 2.43. The third-order valence-electron chi connectivity index (χ3n) is 2.74. The van der Waals surface area contributed by atoms with Crippen LogP contribution in [0.3, 0.4) is 0 Å². The lowest BCUT2D eigenvalue weighted by atomic mass is 10.1. The van der Waals surface area contributed by atoms with Crippen molar-refractivity contribution >= 4 is 24.2 Å². The van der Waals surface area contributed by atoms with Crippen LogP contribution in [0.4, 0.5) is 0 Å². The van der Waals surface area contributed by atoms with E-state index in [0.29, 0.717) is 25.1 Å². The average molecular weight is 286 g/mol. The van der Waals surface area contributed by atoms with Crippen LogP contribution in [0, 0.1) is 0 Å². The smallest absolute Gasteiger partial charge is 0.253 e. The van der Waals surface area contributed by atoms with Gasteiger partial charge in [0.1, 0.15) is 0 Å². The minimum atomic E-state index is -0.0949. The van der Waals surface area contributed by atoms with Crippen LogP contribution in [0.1, 0.15) is 22.3 Å². The van der Waals surface area contributed by atoms with Gasteiger partial charge in [0.2, 0.25) is 5.91 Å². The van der Waals surface area contributed by atoms with Gasteiger partial charge in [-0.05, 0) is 17.7 Å². The minimum Gasteiger partial charge on any atom is -0.359 e. The van der Waals surface area contributed by atoms with Crippen LogP contribution in [-0.4, -0.2) is 37.4 Å². The van der Waals surface area contributed by atoms with Gasteiger partial charge in [0.25, 0.3) is 5.91 Å². The Hall–Kier alpha value is -1.59. The van der Waals surface area contributed by atoms with Gasteiger partial charge in [-0.3, -0.25) is 9.59 Å². The first-order valence-corrected chi connectivity index (χ1v) is 5.83. The number of nitrogens with zero attached hydrogens (tertiary/aromatic N) is 1. The highest BCUT2D eigenvalue weighted by Crippen LogP contribution is 2.06. The highest BCUT2D eigenvalue weighted by molar-refractivity contribution is 5.94. The predicted molar refractivity (Wildman–Crippen MR) is 77.2 cm³/mol. The normalized spacial score (nSPS) is 9.42. The number of nitrogens with one attached hydrogen (secondary N) is 1. The quantitative estimate of drug-likeness (QED) is 0.839. The molecule has 0 aliphatic rings. The highest BCUT2D eigenvalue weighted by Gasteiger charge is 2.12. The van der Waals surface area contributed by atoms with Crippen molar-refractivity contribution in [1.29, 1.82) is 0 Å². The summed E-state index contributed by atoms with van der Waals surface area (Å²) in [5.74, 6) is -0.171. The molecule has 0 saturated heterocycles. The molecule has 0 atom stereocenters. The number of nitrogens with two attached hydrogens (primary N) is 1. The molecule has 0 radical (unpaired) electrons. The molecule has 0 saturated carbocycles. The zero-order valence-corrected chi connectivity index (χ0v) is 12.0. The fraction of sp³-hybridized carbons (Fsp3) is 0.385. The summed E-state index contributed by atoms with van der Waals surface area (Å²) in [7, 11) is 3.26. The zero-order chi connectivity index (χ0) is 13.5. The van der Waals surface area contributed by atoms with Gasteiger partial charge in [-0.2, -0.15) is 0 Å². The second-order valence-corrected chi connectivity index (χ2v) is 4.05. The predicted octanol–water partition coefficient (Wildman–Crippen LogP) is 0.775. The SMILES string of the molecule is CNC(=O)CCN(C)C(=O)c1ccc(CN)cc1.Cl. The van der Waals surface area contributed by atoms with Crippen LogP contribution in [0.5, 0.6) is 0 Å². The largest absolute Gasteiger partial charge is 0.359 e. The van der Waals surface area contributed by atoms with Crippen molar-refractivity contribution in [3.05, 3.63) is 35.4 Å². The molecular weight excluding hydrogens is 266 g/mol. The number of amides is 2. The summed E-state index contributed by atoms with van der Waals surface area (Å²) in [4.78, 5) is 24.6. The molecule has 1 aromatic carbocycles. The van der Waals surface area contributed by atoms with Crippen molar-refractivity contribution in [3.63, 3.8) is 0 Å². The highest BCUT2D eigenvalue weighted by atomic mass is 35.5. The number of rotatable bonds is 5. The van der Waals surface area contributed by atoms with E-state index in [4.69, 9.17) is 5.73 Å². The Labute approximate surface area is 119 Å². The first-order valence-electron chi connectivity index (χ1n) is 5.83. The molecule has 0 heterocycles. The van der Waals surface area contributed by atoms with Gasteiger partial charge in [0.05, 0.1) is 0 Å². The van der Waals surface area contributed by atoms with E-state index in [0.717, 1.165) is 5.56 Å². The van der Waals surface area contributed by atoms with E-state index in [1.54, 1.807) is 26.2 Å². The number of halogens is 1. The van der Waals surface area contributed by atoms with Crippen LogP contribution in [0.2, 0.25) is 0 Å². The van der Waals surface area contributed by atoms with Gasteiger partial charge in [0, 0.05) is 39.2 Å². The number of carbonyl (C=O) groups is 2. The van der Waals surface area contributed by atoms with Gasteiger partial charge in [0.15, 0.2) is 0 Å². The molecule has 19 heavy (non-hydrogen) atoms. The Bertz CT molecular complexity index is 420. The standard InChI is InChI=1S/C13H19N3O2.ClH/c1-15-12(17)7-8-16(2)13(18)11-5-3-10(9-14)4-6-11;/h3-6H,7-9,14H2,1-2H3,(H,15,17);1H. The van der Waals surface area contributed by atoms with Crippen molar-refractivity contribution in [3.8, 4) is 0 Å². The molecule has 0 fully saturated rings. The summed E-state index contributed by atoms with van der Waals surface area (Å²) < 4.78 is 0. The molecule has 0 aromatic heterocycles. The van der Waals surface area contributed by atoms with Gasteiger partial charge >= 0.3 is 0 Å². The van der Waals surface area contributed by atoms with Gasteiger partial charge in [-0.25, -0.2) is 0 Å². The lowest BCUT2D eigenvalue weighted by Crippen LogP contribution is -2.31. The molecule has 106 valence electrons.